The van der Waals surface area contributed by atoms with Gasteiger partial charge in [0.2, 0.25) is 5.91 Å². The summed E-state index contributed by atoms with van der Waals surface area (Å²) in [5.41, 5.74) is 0.0735. The third-order valence-electron chi connectivity index (χ3n) is 5.31. The summed E-state index contributed by atoms with van der Waals surface area (Å²) in [6.45, 7) is 7.25. The van der Waals surface area contributed by atoms with Gasteiger partial charge in [-0.25, -0.2) is 4.39 Å². The van der Waals surface area contributed by atoms with Crippen molar-refractivity contribution in [2.24, 2.45) is 0 Å². The molecule has 1 aromatic heterocycles. The molecule has 1 aliphatic heterocycles. The monoisotopic (exact) mass is 375 g/mol. The van der Waals surface area contributed by atoms with Gasteiger partial charge in [-0.3, -0.25) is 4.79 Å². The Morgan fingerprint density at radius 3 is 2.81 bits per heavy atom. The number of piperidine rings is 1. The quantitative estimate of drug-likeness (QED) is 0.772. The molecule has 1 unspecified atom stereocenters. The Morgan fingerprint density at radius 1 is 1.48 bits per heavy atom. The summed E-state index contributed by atoms with van der Waals surface area (Å²) in [5, 5.41) is 15.0. The van der Waals surface area contributed by atoms with Gasteiger partial charge >= 0.3 is 0 Å². The molecule has 2 aromatic rings. The minimum Gasteiger partial charge on any atom is -0.390 e. The molecule has 1 saturated heterocycles. The molecule has 1 aliphatic rings. The van der Waals surface area contributed by atoms with Crippen LogP contribution in [0.15, 0.2) is 22.7 Å². The summed E-state index contributed by atoms with van der Waals surface area (Å²) >= 11 is 0. The lowest BCUT2D eigenvalue weighted by Crippen LogP contribution is -2.50. The van der Waals surface area contributed by atoms with E-state index < -0.39 is 5.50 Å². The van der Waals surface area contributed by atoms with Gasteiger partial charge in [-0.2, -0.15) is 0 Å². The largest absolute Gasteiger partial charge is 0.390 e. The van der Waals surface area contributed by atoms with Crippen molar-refractivity contribution >= 4 is 24.7 Å². The maximum atomic E-state index is 13.3. The second-order valence-electron chi connectivity index (χ2n) is 7.77. The standard InChI is InChI=1S/C19H27BFN3O3/c1-3-24(18(25)19(2,20)26)11-10-23-8-6-13(7-9-23)17-15-5-4-14(21)12-16(15)27-22-17/h4-5,12-13,26H,3,6-11,20H2,1-2H3. The number of rotatable bonds is 6. The van der Waals surface area contributed by atoms with E-state index in [1.807, 2.05) is 6.92 Å². The van der Waals surface area contributed by atoms with Crippen molar-refractivity contribution in [3.63, 3.8) is 0 Å². The van der Waals surface area contributed by atoms with Gasteiger partial charge in [0.1, 0.15) is 11.3 Å². The lowest BCUT2D eigenvalue weighted by molar-refractivity contribution is -0.142. The van der Waals surface area contributed by atoms with E-state index in [9.17, 15) is 14.3 Å². The fraction of sp³-hybridized carbons (Fsp3) is 0.579. The maximum absolute atomic E-state index is 13.3. The first-order chi connectivity index (χ1) is 12.8. The normalized spacial score (nSPS) is 18.5. The number of hydrogen-bond acceptors (Lipinski definition) is 5. The van der Waals surface area contributed by atoms with E-state index in [1.54, 1.807) is 11.0 Å². The molecule has 1 N–H and O–H groups in total. The van der Waals surface area contributed by atoms with Crippen molar-refractivity contribution < 1.29 is 18.8 Å². The lowest BCUT2D eigenvalue weighted by atomic mass is 9.82. The highest BCUT2D eigenvalue weighted by atomic mass is 19.1. The number of aliphatic hydroxyl groups is 1. The fourth-order valence-corrected chi connectivity index (χ4v) is 3.71. The average molecular weight is 375 g/mol. The molecule has 3 rings (SSSR count). The molecule has 1 amide bonds. The SMILES string of the molecule is BC(C)(O)C(=O)N(CC)CCN1CCC(c2noc3cc(F)ccc23)CC1. The number of amides is 1. The Labute approximate surface area is 159 Å². The Hall–Kier alpha value is -1.93. The van der Waals surface area contributed by atoms with Crippen LogP contribution in [0.5, 0.6) is 0 Å². The second-order valence-corrected chi connectivity index (χ2v) is 7.77. The van der Waals surface area contributed by atoms with Crippen molar-refractivity contribution in [2.45, 2.75) is 38.1 Å². The lowest BCUT2D eigenvalue weighted by Gasteiger charge is -2.34. The molecule has 0 saturated carbocycles. The highest BCUT2D eigenvalue weighted by molar-refractivity contribution is 6.26. The molecule has 146 valence electrons. The minimum atomic E-state index is -1.34. The van der Waals surface area contributed by atoms with E-state index in [0.29, 0.717) is 24.6 Å². The molecular weight excluding hydrogens is 348 g/mol. The molecule has 0 radical (unpaired) electrons. The van der Waals surface area contributed by atoms with Crippen molar-refractivity contribution in [3.8, 4) is 0 Å². The molecule has 6 nitrogen and oxygen atoms in total. The molecule has 2 heterocycles. The summed E-state index contributed by atoms with van der Waals surface area (Å²) in [6.07, 6.45) is 1.90. The van der Waals surface area contributed by atoms with Crippen LogP contribution in [-0.4, -0.2) is 72.0 Å². The molecule has 1 aromatic carbocycles. The van der Waals surface area contributed by atoms with Crippen LogP contribution in [0.4, 0.5) is 4.39 Å². The molecule has 1 fully saturated rings. The number of hydrogen-bond donors (Lipinski definition) is 1. The van der Waals surface area contributed by atoms with E-state index >= 15 is 0 Å². The number of halogens is 1. The van der Waals surface area contributed by atoms with Gasteiger partial charge in [-0.15, -0.1) is 0 Å². The molecule has 1 atom stereocenters. The first-order valence-corrected chi connectivity index (χ1v) is 9.58. The number of fused-ring (bicyclic) bond motifs is 1. The van der Waals surface area contributed by atoms with Crippen LogP contribution >= 0.6 is 0 Å². The molecular formula is C19H27BFN3O3. The Kier molecular flexibility index (Phi) is 5.86. The number of carbonyl (C=O) groups is 1. The zero-order valence-electron chi connectivity index (χ0n) is 16.2. The summed E-state index contributed by atoms with van der Waals surface area (Å²) in [6, 6.07) is 4.56. The van der Waals surface area contributed by atoms with E-state index in [0.717, 1.165) is 43.6 Å². The molecule has 0 aliphatic carbocycles. The van der Waals surface area contributed by atoms with E-state index in [4.69, 9.17) is 4.52 Å². The minimum absolute atomic E-state index is 0.235. The molecule has 8 heteroatoms. The van der Waals surface area contributed by atoms with Gasteiger partial charge < -0.3 is 19.4 Å². The smallest absolute Gasteiger partial charge is 0.245 e. The first-order valence-electron chi connectivity index (χ1n) is 9.58. The van der Waals surface area contributed by atoms with Gasteiger partial charge in [0.15, 0.2) is 13.4 Å². The third-order valence-corrected chi connectivity index (χ3v) is 5.31. The van der Waals surface area contributed by atoms with Crippen molar-refractivity contribution in [1.29, 1.82) is 0 Å². The Balaban J connectivity index is 1.55. The third kappa shape index (κ3) is 4.50. The van der Waals surface area contributed by atoms with Gasteiger partial charge in [-0.05, 0) is 51.9 Å². The number of likely N-dealkylation sites (tertiary alicyclic amines) is 1. The van der Waals surface area contributed by atoms with Crippen molar-refractivity contribution in [3.05, 3.63) is 29.7 Å². The van der Waals surface area contributed by atoms with Crippen LogP contribution in [0.2, 0.25) is 0 Å². The van der Waals surface area contributed by atoms with Crippen LogP contribution < -0.4 is 0 Å². The molecule has 0 spiro atoms. The van der Waals surface area contributed by atoms with Crippen LogP contribution in [0.25, 0.3) is 11.0 Å². The number of likely N-dealkylation sites (N-methyl/N-ethyl adjacent to an activating group) is 1. The summed E-state index contributed by atoms with van der Waals surface area (Å²) in [5.74, 6) is -0.254. The summed E-state index contributed by atoms with van der Waals surface area (Å²) in [7, 11) is 1.53. The second kappa shape index (κ2) is 7.98. The highest BCUT2D eigenvalue weighted by Crippen LogP contribution is 2.32. The Morgan fingerprint density at radius 2 is 2.19 bits per heavy atom. The summed E-state index contributed by atoms with van der Waals surface area (Å²) < 4.78 is 18.6. The summed E-state index contributed by atoms with van der Waals surface area (Å²) in [4.78, 5) is 16.3. The number of nitrogens with zero attached hydrogens (tertiary/aromatic N) is 3. The maximum Gasteiger partial charge on any atom is 0.245 e. The predicted molar refractivity (Wildman–Crippen MR) is 104 cm³/mol. The fourth-order valence-electron chi connectivity index (χ4n) is 3.71. The number of benzene rings is 1. The van der Waals surface area contributed by atoms with E-state index in [2.05, 4.69) is 10.1 Å². The van der Waals surface area contributed by atoms with E-state index in [-0.39, 0.29) is 11.7 Å². The van der Waals surface area contributed by atoms with Crippen LogP contribution in [0.3, 0.4) is 0 Å². The van der Waals surface area contributed by atoms with Crippen LogP contribution in [0.1, 0.15) is 38.3 Å². The Bertz CT molecular complexity index is 797. The predicted octanol–water partition coefficient (Wildman–Crippen LogP) is 1.34. The highest BCUT2D eigenvalue weighted by Gasteiger charge is 2.29. The van der Waals surface area contributed by atoms with Crippen molar-refractivity contribution in [1.82, 2.24) is 15.0 Å². The topological polar surface area (TPSA) is 69.8 Å². The number of carbonyl (C=O) groups excluding carboxylic acids is 1. The zero-order valence-corrected chi connectivity index (χ0v) is 16.2. The van der Waals surface area contributed by atoms with Crippen LogP contribution in [-0.2, 0) is 4.79 Å². The molecule has 0 bridgehead atoms. The number of aromatic nitrogens is 1. The van der Waals surface area contributed by atoms with Gasteiger partial charge in [0, 0.05) is 37.0 Å². The van der Waals surface area contributed by atoms with Crippen LogP contribution in [0, 0.1) is 5.82 Å². The first kappa shape index (κ1) is 19.8. The van der Waals surface area contributed by atoms with Crippen molar-refractivity contribution in [2.75, 3.05) is 32.7 Å². The van der Waals surface area contributed by atoms with Gasteiger partial charge in [-0.1, -0.05) is 5.16 Å². The van der Waals surface area contributed by atoms with Gasteiger partial charge in [0.25, 0.3) is 0 Å². The zero-order chi connectivity index (χ0) is 19.6. The molecule has 27 heavy (non-hydrogen) atoms. The van der Waals surface area contributed by atoms with Gasteiger partial charge in [0.05, 0.1) is 5.69 Å². The average Bonchev–Trinajstić information content (AvgIpc) is 3.04. The van der Waals surface area contributed by atoms with E-state index in [1.165, 1.54) is 26.9 Å².